The summed E-state index contributed by atoms with van der Waals surface area (Å²) in [5.41, 5.74) is 5.41. The standard InChI is InChI=1S/C37H21ClN4O/c38-29-21-33-34(27-15-5-4-12-24(27)29)28-20-23(18-19-32(28)43-33)36-39-35(22-10-2-1-3-11-22)40-37(41-36)42-30-16-8-6-13-25(30)26-14-7-9-17-31(26)42/h1-21H. The first-order valence-electron chi connectivity index (χ1n) is 14.1. The lowest BCUT2D eigenvalue weighted by Crippen LogP contribution is -2.06. The number of para-hydroxylation sites is 2. The van der Waals surface area contributed by atoms with Crippen molar-refractivity contribution in [1.29, 1.82) is 0 Å². The van der Waals surface area contributed by atoms with E-state index in [1.165, 1.54) is 0 Å². The third kappa shape index (κ3) is 3.69. The highest BCUT2D eigenvalue weighted by Crippen LogP contribution is 2.39. The molecule has 202 valence electrons. The lowest BCUT2D eigenvalue weighted by atomic mass is 10.0. The van der Waals surface area contributed by atoms with Gasteiger partial charge in [-0.15, -0.1) is 0 Å². The molecule has 0 aliphatic rings. The van der Waals surface area contributed by atoms with Gasteiger partial charge in [0.1, 0.15) is 11.2 Å². The van der Waals surface area contributed by atoms with Crippen LogP contribution in [0.15, 0.2) is 132 Å². The molecule has 9 rings (SSSR count). The summed E-state index contributed by atoms with van der Waals surface area (Å²) >= 11 is 6.63. The summed E-state index contributed by atoms with van der Waals surface area (Å²) in [4.78, 5) is 15.1. The van der Waals surface area contributed by atoms with Crippen LogP contribution < -0.4 is 0 Å². The number of fused-ring (bicyclic) bond motifs is 8. The number of hydrogen-bond donors (Lipinski definition) is 0. The van der Waals surface area contributed by atoms with Crippen molar-refractivity contribution in [3.05, 3.63) is 132 Å². The third-order valence-corrected chi connectivity index (χ3v) is 8.43. The van der Waals surface area contributed by atoms with Crippen LogP contribution in [0, 0.1) is 0 Å². The van der Waals surface area contributed by atoms with E-state index in [1.54, 1.807) is 0 Å². The maximum atomic E-state index is 6.63. The van der Waals surface area contributed by atoms with Gasteiger partial charge in [-0.2, -0.15) is 9.97 Å². The molecule has 0 spiro atoms. The monoisotopic (exact) mass is 572 g/mol. The number of aromatic nitrogens is 4. The van der Waals surface area contributed by atoms with E-state index < -0.39 is 0 Å². The molecule has 9 aromatic rings. The van der Waals surface area contributed by atoms with Crippen molar-refractivity contribution >= 4 is 66.1 Å². The summed E-state index contributed by atoms with van der Waals surface area (Å²) in [6.07, 6.45) is 0. The van der Waals surface area contributed by atoms with Crippen LogP contribution in [-0.4, -0.2) is 19.5 Å². The normalized spacial score (nSPS) is 11.8. The molecule has 6 heteroatoms. The Balaban J connectivity index is 1.34. The Bertz CT molecular complexity index is 2480. The van der Waals surface area contributed by atoms with Gasteiger partial charge in [0.25, 0.3) is 0 Å². The van der Waals surface area contributed by atoms with Crippen molar-refractivity contribution in [3.63, 3.8) is 0 Å². The number of halogens is 1. The van der Waals surface area contributed by atoms with E-state index in [0.717, 1.165) is 65.6 Å². The highest BCUT2D eigenvalue weighted by Gasteiger charge is 2.19. The Morgan fingerprint density at radius 3 is 1.81 bits per heavy atom. The van der Waals surface area contributed by atoms with E-state index >= 15 is 0 Å². The SMILES string of the molecule is Clc1cc2oc3ccc(-c4nc(-c5ccccc5)nc(-n5c6ccccc6c6ccccc65)n4)cc3c2c2ccccc12. The fraction of sp³-hybridized carbons (Fsp3) is 0. The average molecular weight is 573 g/mol. The van der Waals surface area contributed by atoms with Crippen molar-refractivity contribution in [3.8, 4) is 28.7 Å². The Morgan fingerprint density at radius 1 is 0.488 bits per heavy atom. The summed E-state index contributed by atoms with van der Waals surface area (Å²) < 4.78 is 8.39. The molecule has 0 aliphatic heterocycles. The van der Waals surface area contributed by atoms with E-state index in [1.807, 2.05) is 78.9 Å². The van der Waals surface area contributed by atoms with Crippen molar-refractivity contribution in [2.75, 3.05) is 0 Å². The zero-order valence-electron chi connectivity index (χ0n) is 22.7. The third-order valence-electron chi connectivity index (χ3n) is 8.12. The summed E-state index contributed by atoms with van der Waals surface area (Å²) in [5.74, 6) is 1.76. The molecule has 0 saturated heterocycles. The number of benzene rings is 6. The fourth-order valence-electron chi connectivity index (χ4n) is 6.19. The molecule has 6 aromatic carbocycles. The van der Waals surface area contributed by atoms with Gasteiger partial charge in [-0.05, 0) is 35.7 Å². The Morgan fingerprint density at radius 2 is 1.09 bits per heavy atom. The average Bonchev–Trinajstić information content (AvgIpc) is 3.60. The first-order valence-corrected chi connectivity index (χ1v) is 14.4. The minimum atomic E-state index is 0.565. The lowest BCUT2D eigenvalue weighted by molar-refractivity contribution is 0.669. The van der Waals surface area contributed by atoms with E-state index in [4.69, 9.17) is 31.0 Å². The van der Waals surface area contributed by atoms with Gasteiger partial charge in [0.2, 0.25) is 5.95 Å². The maximum absolute atomic E-state index is 6.63. The van der Waals surface area contributed by atoms with Crippen LogP contribution in [0.5, 0.6) is 0 Å². The molecule has 0 saturated carbocycles. The first kappa shape index (κ1) is 24.1. The molecule has 3 aromatic heterocycles. The second kappa shape index (κ2) is 9.24. The zero-order chi connectivity index (χ0) is 28.5. The maximum Gasteiger partial charge on any atom is 0.238 e. The zero-order valence-corrected chi connectivity index (χ0v) is 23.5. The van der Waals surface area contributed by atoms with Gasteiger partial charge < -0.3 is 4.42 Å². The van der Waals surface area contributed by atoms with Crippen LogP contribution in [0.3, 0.4) is 0 Å². The number of furan rings is 1. The molecular weight excluding hydrogens is 552 g/mol. The van der Waals surface area contributed by atoms with Crippen LogP contribution in [-0.2, 0) is 0 Å². The van der Waals surface area contributed by atoms with E-state index in [2.05, 4.69) is 53.1 Å². The van der Waals surface area contributed by atoms with Gasteiger partial charge in [-0.1, -0.05) is 103 Å². The largest absolute Gasteiger partial charge is 0.456 e. The molecule has 0 N–H and O–H groups in total. The van der Waals surface area contributed by atoms with E-state index in [-0.39, 0.29) is 0 Å². The quantitative estimate of drug-likeness (QED) is 0.211. The molecule has 0 radical (unpaired) electrons. The van der Waals surface area contributed by atoms with Crippen LogP contribution in [0.25, 0.3) is 83.2 Å². The summed E-state index contributed by atoms with van der Waals surface area (Å²) in [6.45, 7) is 0. The fourth-order valence-corrected chi connectivity index (χ4v) is 6.45. The molecule has 0 aliphatic carbocycles. The highest BCUT2D eigenvalue weighted by molar-refractivity contribution is 6.38. The Hall–Kier alpha value is -5.52. The van der Waals surface area contributed by atoms with E-state index in [0.29, 0.717) is 22.6 Å². The van der Waals surface area contributed by atoms with Crippen LogP contribution in [0.1, 0.15) is 0 Å². The molecule has 43 heavy (non-hydrogen) atoms. The van der Waals surface area contributed by atoms with Gasteiger partial charge in [0, 0.05) is 44.1 Å². The van der Waals surface area contributed by atoms with Gasteiger partial charge in [0.05, 0.1) is 16.1 Å². The minimum Gasteiger partial charge on any atom is -0.456 e. The number of hydrogen-bond acceptors (Lipinski definition) is 4. The predicted octanol–water partition coefficient (Wildman–Crippen LogP) is 10.0. The first-order chi connectivity index (χ1) is 21.2. The molecular formula is C37H21ClN4O. The topological polar surface area (TPSA) is 56.7 Å². The van der Waals surface area contributed by atoms with Crippen molar-refractivity contribution in [1.82, 2.24) is 19.5 Å². The van der Waals surface area contributed by atoms with Crippen LogP contribution in [0.2, 0.25) is 5.02 Å². The molecule has 0 unspecified atom stereocenters. The van der Waals surface area contributed by atoms with Gasteiger partial charge in [-0.3, -0.25) is 4.57 Å². The Labute approximate surface area is 250 Å². The number of nitrogens with zero attached hydrogens (tertiary/aromatic N) is 4. The van der Waals surface area contributed by atoms with Gasteiger partial charge in [-0.25, -0.2) is 4.98 Å². The van der Waals surface area contributed by atoms with Crippen molar-refractivity contribution in [2.45, 2.75) is 0 Å². The minimum absolute atomic E-state index is 0.565. The van der Waals surface area contributed by atoms with Gasteiger partial charge in [0.15, 0.2) is 11.6 Å². The summed E-state index contributed by atoms with van der Waals surface area (Å²) in [5, 5.41) is 7.02. The summed E-state index contributed by atoms with van der Waals surface area (Å²) in [7, 11) is 0. The second-order valence-electron chi connectivity index (χ2n) is 10.6. The van der Waals surface area contributed by atoms with Crippen LogP contribution in [0.4, 0.5) is 0 Å². The van der Waals surface area contributed by atoms with Gasteiger partial charge >= 0.3 is 0 Å². The van der Waals surface area contributed by atoms with Crippen molar-refractivity contribution < 1.29 is 4.42 Å². The smallest absolute Gasteiger partial charge is 0.238 e. The molecule has 0 atom stereocenters. The predicted molar refractivity (Wildman–Crippen MR) is 175 cm³/mol. The second-order valence-corrected chi connectivity index (χ2v) is 11.0. The molecule has 0 amide bonds. The molecule has 3 heterocycles. The molecule has 0 bridgehead atoms. The van der Waals surface area contributed by atoms with Crippen LogP contribution >= 0.6 is 11.6 Å². The van der Waals surface area contributed by atoms with E-state index in [9.17, 15) is 0 Å². The lowest BCUT2D eigenvalue weighted by Gasteiger charge is -2.11. The van der Waals surface area contributed by atoms with Crippen molar-refractivity contribution in [2.24, 2.45) is 0 Å². The highest BCUT2D eigenvalue weighted by atomic mass is 35.5. The summed E-state index contributed by atoms with van der Waals surface area (Å²) in [6, 6.07) is 42.9. The number of rotatable bonds is 3. The Kier molecular flexibility index (Phi) is 5.18. The molecule has 5 nitrogen and oxygen atoms in total. The molecule has 0 fully saturated rings.